The Balaban J connectivity index is 1.74. The summed E-state index contributed by atoms with van der Waals surface area (Å²) in [4.78, 5) is 2.59. The van der Waals surface area contributed by atoms with E-state index in [1.807, 2.05) is 62.4 Å². The van der Waals surface area contributed by atoms with Gasteiger partial charge in [-0.1, -0.05) is 86.6 Å². The minimum absolute atomic E-state index is 0.175. The van der Waals surface area contributed by atoms with Crippen molar-refractivity contribution >= 4 is 15.7 Å². The highest BCUT2D eigenvalue weighted by Crippen LogP contribution is 2.18. The molecule has 186 valence electrons. The molecule has 3 rings (SSSR count). The van der Waals surface area contributed by atoms with E-state index >= 15 is 0 Å². The fourth-order valence-electron chi connectivity index (χ4n) is 3.66. The van der Waals surface area contributed by atoms with Crippen molar-refractivity contribution in [3.8, 4) is 5.75 Å². The zero-order valence-corrected chi connectivity index (χ0v) is 21.8. The van der Waals surface area contributed by atoms with Gasteiger partial charge >= 0.3 is 0 Å². The van der Waals surface area contributed by atoms with Gasteiger partial charge in [0.15, 0.2) is 0 Å². The first kappa shape index (κ1) is 26.5. The molecule has 0 unspecified atom stereocenters. The van der Waals surface area contributed by atoms with Crippen LogP contribution in [0.5, 0.6) is 5.75 Å². The van der Waals surface area contributed by atoms with Gasteiger partial charge in [-0.2, -0.15) is 18.4 Å². The van der Waals surface area contributed by atoms with Gasteiger partial charge in [0.25, 0.3) is 10.0 Å². The highest BCUT2D eigenvalue weighted by atomic mass is 32.2. The Kier molecular flexibility index (Phi) is 9.91. The highest BCUT2D eigenvalue weighted by Gasteiger charge is 2.15. The standard InChI is InChI=1S/C29H36N2O3S/c1-4-5-6-7-8-9-22-34-27-18-16-26(17-19-27)29(25-14-10-23(2)11-15-25)30-31-35(32,33)28-20-12-24(3)13-21-28/h10-21,31H,4-9,22H2,1-3H3/b30-29+. The molecular formula is C29H36N2O3S. The molecule has 0 heterocycles. The van der Waals surface area contributed by atoms with Crippen molar-refractivity contribution < 1.29 is 13.2 Å². The molecule has 3 aromatic carbocycles. The number of rotatable bonds is 13. The smallest absolute Gasteiger partial charge is 0.276 e. The second kappa shape index (κ2) is 13.1. The van der Waals surface area contributed by atoms with Crippen molar-refractivity contribution in [2.45, 2.75) is 64.2 Å². The molecule has 0 atom stereocenters. The lowest BCUT2D eigenvalue weighted by Gasteiger charge is -2.11. The summed E-state index contributed by atoms with van der Waals surface area (Å²) in [6, 6.07) is 22.2. The van der Waals surface area contributed by atoms with Gasteiger partial charge in [-0.3, -0.25) is 0 Å². The van der Waals surface area contributed by atoms with E-state index in [4.69, 9.17) is 4.74 Å². The van der Waals surface area contributed by atoms with Crippen molar-refractivity contribution in [2.24, 2.45) is 5.10 Å². The lowest BCUT2D eigenvalue weighted by atomic mass is 10.0. The minimum atomic E-state index is -3.79. The van der Waals surface area contributed by atoms with E-state index in [0.29, 0.717) is 12.3 Å². The number of hydrazone groups is 1. The normalized spacial score (nSPS) is 11.9. The van der Waals surface area contributed by atoms with E-state index in [0.717, 1.165) is 34.4 Å². The second-order valence-corrected chi connectivity index (χ2v) is 10.5. The Morgan fingerprint density at radius 3 is 1.86 bits per heavy atom. The average Bonchev–Trinajstić information content (AvgIpc) is 2.86. The van der Waals surface area contributed by atoms with Crippen LogP contribution < -0.4 is 9.57 Å². The fourth-order valence-corrected chi connectivity index (χ4v) is 4.48. The van der Waals surface area contributed by atoms with E-state index in [1.54, 1.807) is 24.3 Å². The summed E-state index contributed by atoms with van der Waals surface area (Å²) in [5, 5.41) is 4.34. The molecule has 1 N–H and O–H groups in total. The number of sulfonamides is 1. The van der Waals surface area contributed by atoms with Gasteiger partial charge in [0, 0.05) is 11.1 Å². The molecule has 0 saturated heterocycles. The van der Waals surface area contributed by atoms with E-state index in [1.165, 1.54) is 32.1 Å². The fraction of sp³-hybridized carbons (Fsp3) is 0.345. The van der Waals surface area contributed by atoms with Crippen molar-refractivity contribution in [3.05, 3.63) is 95.1 Å². The number of aryl methyl sites for hydroxylation is 2. The van der Waals surface area contributed by atoms with Crippen molar-refractivity contribution in [3.63, 3.8) is 0 Å². The number of unbranched alkanes of at least 4 members (excludes halogenated alkanes) is 5. The Morgan fingerprint density at radius 1 is 0.743 bits per heavy atom. The number of hydrogen-bond acceptors (Lipinski definition) is 4. The monoisotopic (exact) mass is 492 g/mol. The first-order valence-corrected chi connectivity index (χ1v) is 13.8. The van der Waals surface area contributed by atoms with Crippen molar-refractivity contribution in [2.75, 3.05) is 6.61 Å². The summed E-state index contributed by atoms with van der Waals surface area (Å²) in [6.45, 7) is 6.84. The quantitative estimate of drug-likeness (QED) is 0.163. The number of nitrogens with zero attached hydrogens (tertiary/aromatic N) is 1. The minimum Gasteiger partial charge on any atom is -0.494 e. The van der Waals surface area contributed by atoms with Crippen LogP contribution in [0.25, 0.3) is 0 Å². The third-order valence-corrected chi connectivity index (χ3v) is 7.05. The Bertz CT molecular complexity index is 1180. The summed E-state index contributed by atoms with van der Waals surface area (Å²) >= 11 is 0. The highest BCUT2D eigenvalue weighted by molar-refractivity contribution is 7.89. The molecule has 0 amide bonds. The Hall–Kier alpha value is -3.12. The molecule has 0 aromatic heterocycles. The van der Waals surface area contributed by atoms with Crippen LogP contribution in [0.1, 0.15) is 67.7 Å². The van der Waals surface area contributed by atoms with Crippen LogP contribution >= 0.6 is 0 Å². The first-order valence-electron chi connectivity index (χ1n) is 12.4. The zero-order chi connectivity index (χ0) is 25.1. The summed E-state index contributed by atoms with van der Waals surface area (Å²) in [5.74, 6) is 0.797. The average molecular weight is 493 g/mol. The molecule has 0 bridgehead atoms. The lowest BCUT2D eigenvalue weighted by molar-refractivity contribution is 0.304. The molecule has 0 aliphatic carbocycles. The van der Waals surface area contributed by atoms with Gasteiger partial charge in [0.1, 0.15) is 5.75 Å². The van der Waals surface area contributed by atoms with Crippen molar-refractivity contribution in [1.29, 1.82) is 0 Å². The number of hydrogen-bond donors (Lipinski definition) is 1. The van der Waals surface area contributed by atoms with Crippen LogP contribution in [0.2, 0.25) is 0 Å². The molecule has 0 fully saturated rings. The summed E-state index contributed by atoms with van der Waals surface area (Å²) in [5.41, 5.74) is 4.27. The number of ether oxygens (including phenoxy) is 1. The van der Waals surface area contributed by atoms with Gasteiger partial charge in [-0.05, 0) is 56.7 Å². The van der Waals surface area contributed by atoms with E-state index in [9.17, 15) is 8.42 Å². The van der Waals surface area contributed by atoms with Crippen molar-refractivity contribution in [1.82, 2.24) is 4.83 Å². The largest absolute Gasteiger partial charge is 0.494 e. The SMILES string of the molecule is CCCCCCCCOc1ccc(/C(=N/NS(=O)(=O)c2ccc(C)cc2)c2ccc(C)cc2)cc1. The number of nitrogens with one attached hydrogen (secondary N) is 1. The summed E-state index contributed by atoms with van der Waals surface area (Å²) < 4.78 is 31.5. The van der Waals surface area contributed by atoms with E-state index in [2.05, 4.69) is 16.9 Å². The maximum absolute atomic E-state index is 12.8. The molecule has 0 aliphatic rings. The maximum Gasteiger partial charge on any atom is 0.276 e. The van der Waals surface area contributed by atoms with Gasteiger partial charge in [0.2, 0.25) is 0 Å². The second-order valence-electron chi connectivity index (χ2n) is 8.87. The number of benzene rings is 3. The third kappa shape index (κ3) is 8.25. The lowest BCUT2D eigenvalue weighted by Crippen LogP contribution is -2.21. The van der Waals surface area contributed by atoms with E-state index < -0.39 is 10.0 Å². The molecule has 0 spiro atoms. The molecular weight excluding hydrogens is 456 g/mol. The van der Waals surface area contributed by atoms with Crippen LogP contribution in [0, 0.1) is 13.8 Å². The topological polar surface area (TPSA) is 67.8 Å². The molecule has 0 radical (unpaired) electrons. The summed E-state index contributed by atoms with van der Waals surface area (Å²) in [7, 11) is -3.79. The molecule has 0 saturated carbocycles. The molecule has 6 heteroatoms. The van der Waals surface area contributed by atoms with Crippen LogP contribution in [0.15, 0.2) is 82.8 Å². The zero-order valence-electron chi connectivity index (χ0n) is 21.0. The third-order valence-electron chi connectivity index (χ3n) is 5.83. The van der Waals surface area contributed by atoms with Crippen LogP contribution in [-0.2, 0) is 10.0 Å². The van der Waals surface area contributed by atoms with Crippen LogP contribution in [-0.4, -0.2) is 20.7 Å². The van der Waals surface area contributed by atoms with E-state index in [-0.39, 0.29) is 4.90 Å². The molecule has 5 nitrogen and oxygen atoms in total. The Labute approximate surface area is 210 Å². The predicted octanol–water partition coefficient (Wildman–Crippen LogP) is 6.77. The first-order chi connectivity index (χ1) is 16.9. The molecule has 35 heavy (non-hydrogen) atoms. The predicted molar refractivity (Wildman–Crippen MR) is 144 cm³/mol. The van der Waals surface area contributed by atoms with Gasteiger partial charge in [0.05, 0.1) is 17.2 Å². The summed E-state index contributed by atoms with van der Waals surface area (Å²) in [6.07, 6.45) is 7.33. The van der Waals surface area contributed by atoms with Crippen LogP contribution in [0.3, 0.4) is 0 Å². The van der Waals surface area contributed by atoms with Gasteiger partial charge in [-0.25, -0.2) is 0 Å². The van der Waals surface area contributed by atoms with Crippen LogP contribution in [0.4, 0.5) is 0 Å². The maximum atomic E-state index is 12.8. The Morgan fingerprint density at radius 2 is 1.26 bits per heavy atom. The van der Waals surface area contributed by atoms with Gasteiger partial charge < -0.3 is 4.74 Å². The molecule has 0 aliphatic heterocycles. The van der Waals surface area contributed by atoms with Gasteiger partial charge in [-0.15, -0.1) is 0 Å². The molecule has 3 aromatic rings.